The molecule has 1 unspecified atom stereocenters. The molecule has 0 saturated heterocycles. The van der Waals surface area contributed by atoms with Crippen molar-refractivity contribution in [1.82, 2.24) is 5.32 Å². The Hall–Kier alpha value is -1.16. The molecule has 0 aliphatic heterocycles. The van der Waals surface area contributed by atoms with Crippen LogP contribution in [-0.4, -0.2) is 12.7 Å². The molecule has 0 spiro atoms. The Balaban J connectivity index is 2.55. The van der Waals surface area contributed by atoms with Crippen molar-refractivity contribution in [2.45, 2.75) is 58.7 Å². The van der Waals surface area contributed by atoms with E-state index in [1.54, 1.807) is 12.1 Å². The number of unbranched alkanes of at least 4 members (excludes halogenated alkanes) is 1. The monoisotopic (exact) mass is 271 g/mol. The fourth-order valence-electron chi connectivity index (χ4n) is 2.02. The Kier molecular flexibility index (Phi) is 7.41. The third-order valence-electron chi connectivity index (χ3n) is 3.17. The zero-order chi connectivity index (χ0) is 14.1. The van der Waals surface area contributed by atoms with Crippen molar-refractivity contribution in [2.24, 2.45) is 0 Å². The number of nitrogens with one attached hydrogen (secondary N) is 1. The van der Waals surface area contributed by atoms with E-state index in [9.17, 15) is 8.78 Å². The smallest absolute Gasteiger partial charge is 0.387 e. The van der Waals surface area contributed by atoms with Crippen LogP contribution < -0.4 is 10.1 Å². The highest BCUT2D eigenvalue weighted by molar-refractivity contribution is 5.33. The third-order valence-corrected chi connectivity index (χ3v) is 3.17. The summed E-state index contributed by atoms with van der Waals surface area (Å²) < 4.78 is 29.1. The van der Waals surface area contributed by atoms with Crippen LogP contribution in [0.25, 0.3) is 0 Å². The molecule has 1 rings (SSSR count). The van der Waals surface area contributed by atoms with E-state index in [2.05, 4.69) is 23.9 Å². The van der Waals surface area contributed by atoms with Crippen LogP contribution in [0.4, 0.5) is 8.78 Å². The number of para-hydroxylation sites is 1. The number of halogens is 2. The van der Waals surface area contributed by atoms with Gasteiger partial charge in [-0.25, -0.2) is 0 Å². The Morgan fingerprint density at radius 3 is 2.58 bits per heavy atom. The fourth-order valence-corrected chi connectivity index (χ4v) is 2.02. The lowest BCUT2D eigenvalue weighted by Gasteiger charge is -2.18. The highest BCUT2D eigenvalue weighted by Gasteiger charge is 2.10. The highest BCUT2D eigenvalue weighted by atomic mass is 19.3. The maximum atomic E-state index is 12.3. The van der Waals surface area contributed by atoms with Crippen LogP contribution in [0.15, 0.2) is 24.3 Å². The van der Waals surface area contributed by atoms with Crippen LogP contribution in [0.2, 0.25) is 0 Å². The van der Waals surface area contributed by atoms with Gasteiger partial charge in [0.2, 0.25) is 0 Å². The van der Waals surface area contributed by atoms with Crippen molar-refractivity contribution in [3.05, 3.63) is 29.8 Å². The van der Waals surface area contributed by atoms with Crippen molar-refractivity contribution in [3.63, 3.8) is 0 Å². The molecule has 4 heteroatoms. The molecule has 0 aromatic heterocycles. The van der Waals surface area contributed by atoms with Gasteiger partial charge in [-0.05, 0) is 18.9 Å². The van der Waals surface area contributed by atoms with Crippen LogP contribution in [0.5, 0.6) is 5.75 Å². The molecular formula is C15H23F2NO. The average Bonchev–Trinajstić information content (AvgIpc) is 2.40. The van der Waals surface area contributed by atoms with Crippen LogP contribution in [0.1, 0.15) is 45.1 Å². The van der Waals surface area contributed by atoms with Gasteiger partial charge in [0.1, 0.15) is 5.75 Å². The molecule has 0 fully saturated rings. The first-order valence-corrected chi connectivity index (χ1v) is 6.93. The van der Waals surface area contributed by atoms with E-state index in [4.69, 9.17) is 0 Å². The summed E-state index contributed by atoms with van der Waals surface area (Å²) in [6.07, 6.45) is 4.51. The highest BCUT2D eigenvalue weighted by Crippen LogP contribution is 2.20. The normalized spacial score (nSPS) is 12.7. The van der Waals surface area contributed by atoms with Crippen molar-refractivity contribution >= 4 is 0 Å². The average molecular weight is 271 g/mol. The SMILES string of the molecule is CCCCC(CC)NCc1ccccc1OC(F)F. The topological polar surface area (TPSA) is 21.3 Å². The maximum Gasteiger partial charge on any atom is 0.387 e. The van der Waals surface area contributed by atoms with E-state index in [1.165, 1.54) is 12.8 Å². The van der Waals surface area contributed by atoms with E-state index >= 15 is 0 Å². The number of benzene rings is 1. The minimum Gasteiger partial charge on any atom is -0.434 e. The number of hydrogen-bond acceptors (Lipinski definition) is 2. The zero-order valence-corrected chi connectivity index (χ0v) is 11.7. The second-order valence-corrected chi connectivity index (χ2v) is 4.61. The lowest BCUT2D eigenvalue weighted by Crippen LogP contribution is -2.28. The summed E-state index contributed by atoms with van der Waals surface area (Å²) in [5.41, 5.74) is 0.776. The zero-order valence-electron chi connectivity index (χ0n) is 11.7. The van der Waals surface area contributed by atoms with Crippen LogP contribution in [0.3, 0.4) is 0 Å². The van der Waals surface area contributed by atoms with Crippen LogP contribution in [0, 0.1) is 0 Å². The van der Waals surface area contributed by atoms with Crippen molar-refractivity contribution in [3.8, 4) is 5.75 Å². The Labute approximate surface area is 114 Å². The molecule has 0 heterocycles. The molecular weight excluding hydrogens is 248 g/mol. The number of ether oxygens (including phenoxy) is 1. The summed E-state index contributed by atoms with van der Waals surface area (Å²) >= 11 is 0. The first kappa shape index (κ1) is 15.9. The maximum absolute atomic E-state index is 12.3. The van der Waals surface area contributed by atoms with Crippen molar-refractivity contribution in [1.29, 1.82) is 0 Å². The van der Waals surface area contributed by atoms with Crippen molar-refractivity contribution in [2.75, 3.05) is 0 Å². The lowest BCUT2D eigenvalue weighted by molar-refractivity contribution is -0.0505. The van der Waals surface area contributed by atoms with Gasteiger partial charge in [0.25, 0.3) is 0 Å². The van der Waals surface area contributed by atoms with Gasteiger partial charge in [-0.15, -0.1) is 0 Å². The minimum absolute atomic E-state index is 0.260. The molecule has 0 aliphatic carbocycles. The lowest BCUT2D eigenvalue weighted by atomic mass is 10.1. The van der Waals surface area contributed by atoms with Gasteiger partial charge in [0.15, 0.2) is 0 Å². The van der Waals surface area contributed by atoms with E-state index in [0.29, 0.717) is 12.6 Å². The van der Waals surface area contributed by atoms with E-state index in [1.807, 2.05) is 12.1 Å². The molecule has 1 N–H and O–H groups in total. The third kappa shape index (κ3) is 6.01. The summed E-state index contributed by atoms with van der Waals surface area (Å²) in [5.74, 6) is 0.260. The largest absolute Gasteiger partial charge is 0.434 e. The Morgan fingerprint density at radius 2 is 1.95 bits per heavy atom. The summed E-state index contributed by atoms with van der Waals surface area (Å²) in [6.45, 7) is 2.08. The fraction of sp³-hybridized carbons (Fsp3) is 0.600. The summed E-state index contributed by atoms with van der Waals surface area (Å²) in [7, 11) is 0. The predicted octanol–water partition coefficient (Wildman–Crippen LogP) is 4.35. The van der Waals surface area contributed by atoms with Crippen molar-refractivity contribution < 1.29 is 13.5 Å². The number of hydrogen-bond donors (Lipinski definition) is 1. The standard InChI is InChI=1S/C15H23F2NO/c1-3-5-9-13(4-2)18-11-12-8-6-7-10-14(12)19-15(16)17/h6-8,10,13,15,18H,3-5,9,11H2,1-2H3. The van der Waals surface area contributed by atoms with E-state index < -0.39 is 6.61 Å². The molecule has 1 aromatic carbocycles. The molecule has 1 aromatic rings. The quantitative estimate of drug-likeness (QED) is 0.721. The molecule has 0 radical (unpaired) electrons. The molecule has 19 heavy (non-hydrogen) atoms. The Bertz CT molecular complexity index is 358. The number of alkyl halides is 2. The first-order valence-electron chi connectivity index (χ1n) is 6.93. The summed E-state index contributed by atoms with van der Waals surface area (Å²) in [5, 5.41) is 3.41. The van der Waals surface area contributed by atoms with E-state index in [-0.39, 0.29) is 5.75 Å². The molecule has 0 amide bonds. The van der Waals surface area contributed by atoms with E-state index in [0.717, 1.165) is 18.4 Å². The van der Waals surface area contributed by atoms with Gasteiger partial charge < -0.3 is 10.1 Å². The van der Waals surface area contributed by atoms with Gasteiger partial charge in [0, 0.05) is 18.2 Å². The van der Waals surface area contributed by atoms with Gasteiger partial charge >= 0.3 is 6.61 Å². The molecule has 0 aliphatic rings. The molecule has 0 saturated carbocycles. The second kappa shape index (κ2) is 8.86. The van der Waals surface area contributed by atoms with Crippen LogP contribution in [-0.2, 0) is 6.54 Å². The first-order chi connectivity index (χ1) is 9.17. The molecule has 0 bridgehead atoms. The molecule has 2 nitrogen and oxygen atoms in total. The predicted molar refractivity (Wildman–Crippen MR) is 73.5 cm³/mol. The van der Waals surface area contributed by atoms with Crippen LogP contribution >= 0.6 is 0 Å². The van der Waals surface area contributed by atoms with Gasteiger partial charge in [-0.1, -0.05) is 44.9 Å². The summed E-state index contributed by atoms with van der Waals surface area (Å²) in [4.78, 5) is 0. The Morgan fingerprint density at radius 1 is 1.21 bits per heavy atom. The second-order valence-electron chi connectivity index (χ2n) is 4.61. The number of rotatable bonds is 9. The van der Waals surface area contributed by atoms with Gasteiger partial charge in [-0.3, -0.25) is 0 Å². The molecule has 1 atom stereocenters. The van der Waals surface area contributed by atoms with Gasteiger partial charge in [0.05, 0.1) is 0 Å². The molecule has 108 valence electrons. The van der Waals surface area contributed by atoms with Gasteiger partial charge in [-0.2, -0.15) is 8.78 Å². The minimum atomic E-state index is -2.77. The summed E-state index contributed by atoms with van der Waals surface area (Å²) in [6, 6.07) is 7.37.